The number of esters is 2. The average molecular weight is 318 g/mol. The van der Waals surface area contributed by atoms with Crippen LogP contribution in [0.3, 0.4) is 0 Å². The van der Waals surface area contributed by atoms with Crippen LogP contribution in [0.2, 0.25) is 0 Å². The Morgan fingerprint density at radius 1 is 1.26 bits per heavy atom. The minimum absolute atomic E-state index is 0.122. The van der Waals surface area contributed by atoms with Crippen molar-refractivity contribution in [3.63, 3.8) is 0 Å². The SMILES string of the molecule is CCOC(=O)CCc1c(C)oc2cc(OC(C)=O)ccc2c1=O. The fourth-order valence-electron chi connectivity index (χ4n) is 2.30. The van der Waals surface area contributed by atoms with Gasteiger partial charge in [-0.05, 0) is 32.4 Å². The molecule has 0 saturated heterocycles. The van der Waals surface area contributed by atoms with Crippen molar-refractivity contribution in [3.05, 3.63) is 39.7 Å². The Hall–Kier alpha value is -2.63. The Kier molecular flexibility index (Phi) is 5.16. The molecule has 0 aliphatic heterocycles. The van der Waals surface area contributed by atoms with E-state index in [-0.39, 0.29) is 24.2 Å². The zero-order valence-electron chi connectivity index (χ0n) is 13.3. The molecule has 1 aromatic heterocycles. The van der Waals surface area contributed by atoms with Crippen molar-refractivity contribution in [1.29, 1.82) is 0 Å². The molecule has 0 aliphatic carbocycles. The molecule has 2 rings (SSSR count). The summed E-state index contributed by atoms with van der Waals surface area (Å²) in [4.78, 5) is 35.0. The number of rotatable bonds is 5. The number of ether oxygens (including phenoxy) is 2. The number of hydrogen-bond acceptors (Lipinski definition) is 6. The minimum Gasteiger partial charge on any atom is -0.466 e. The van der Waals surface area contributed by atoms with Crippen LogP contribution in [0.15, 0.2) is 27.4 Å². The van der Waals surface area contributed by atoms with Crippen molar-refractivity contribution in [2.75, 3.05) is 6.61 Å². The lowest BCUT2D eigenvalue weighted by Crippen LogP contribution is -2.14. The summed E-state index contributed by atoms with van der Waals surface area (Å²) in [6.07, 6.45) is 0.380. The highest BCUT2D eigenvalue weighted by molar-refractivity contribution is 5.80. The first-order valence-electron chi connectivity index (χ1n) is 7.32. The molecule has 0 radical (unpaired) electrons. The van der Waals surface area contributed by atoms with Crippen molar-refractivity contribution in [2.24, 2.45) is 0 Å². The molecule has 1 heterocycles. The van der Waals surface area contributed by atoms with Crippen LogP contribution < -0.4 is 10.2 Å². The first-order valence-corrected chi connectivity index (χ1v) is 7.32. The summed E-state index contributed by atoms with van der Waals surface area (Å²) >= 11 is 0. The van der Waals surface area contributed by atoms with E-state index in [1.807, 2.05) is 0 Å². The molecule has 0 N–H and O–H groups in total. The van der Waals surface area contributed by atoms with Crippen LogP contribution in [-0.2, 0) is 20.7 Å². The van der Waals surface area contributed by atoms with Gasteiger partial charge >= 0.3 is 11.9 Å². The van der Waals surface area contributed by atoms with Gasteiger partial charge in [0.05, 0.1) is 12.0 Å². The van der Waals surface area contributed by atoms with E-state index in [2.05, 4.69) is 0 Å². The molecule has 0 bridgehead atoms. The smallest absolute Gasteiger partial charge is 0.308 e. The fourth-order valence-corrected chi connectivity index (χ4v) is 2.30. The van der Waals surface area contributed by atoms with Crippen molar-refractivity contribution in [2.45, 2.75) is 33.6 Å². The Bertz CT molecular complexity index is 803. The van der Waals surface area contributed by atoms with Crippen LogP contribution in [0.5, 0.6) is 5.75 Å². The van der Waals surface area contributed by atoms with Gasteiger partial charge in [-0.2, -0.15) is 0 Å². The van der Waals surface area contributed by atoms with E-state index >= 15 is 0 Å². The molecule has 0 amide bonds. The molecule has 0 fully saturated rings. The van der Waals surface area contributed by atoms with Gasteiger partial charge in [0, 0.05) is 25.0 Å². The van der Waals surface area contributed by atoms with Gasteiger partial charge in [-0.25, -0.2) is 0 Å². The lowest BCUT2D eigenvalue weighted by atomic mass is 10.1. The summed E-state index contributed by atoms with van der Waals surface area (Å²) in [7, 11) is 0. The highest BCUT2D eigenvalue weighted by Gasteiger charge is 2.14. The molecule has 0 unspecified atom stereocenters. The number of aryl methyl sites for hydroxylation is 1. The van der Waals surface area contributed by atoms with Gasteiger partial charge < -0.3 is 13.9 Å². The summed E-state index contributed by atoms with van der Waals surface area (Å²) in [5.74, 6) is -0.0512. The summed E-state index contributed by atoms with van der Waals surface area (Å²) < 4.78 is 15.5. The molecule has 6 heteroatoms. The van der Waals surface area contributed by atoms with E-state index in [0.717, 1.165) is 0 Å². The maximum Gasteiger partial charge on any atom is 0.308 e. The van der Waals surface area contributed by atoms with Crippen molar-refractivity contribution < 1.29 is 23.5 Å². The molecule has 122 valence electrons. The molecule has 0 spiro atoms. The van der Waals surface area contributed by atoms with Crippen molar-refractivity contribution in [3.8, 4) is 5.75 Å². The Balaban J connectivity index is 2.35. The van der Waals surface area contributed by atoms with Gasteiger partial charge in [0.2, 0.25) is 0 Å². The lowest BCUT2D eigenvalue weighted by molar-refractivity contribution is -0.143. The fraction of sp³-hybridized carbons (Fsp3) is 0.353. The Labute approximate surface area is 133 Å². The molecular weight excluding hydrogens is 300 g/mol. The van der Waals surface area contributed by atoms with Gasteiger partial charge in [-0.3, -0.25) is 14.4 Å². The van der Waals surface area contributed by atoms with Gasteiger partial charge in [0.15, 0.2) is 5.43 Å². The van der Waals surface area contributed by atoms with Crippen LogP contribution in [0.4, 0.5) is 0 Å². The second kappa shape index (κ2) is 7.09. The van der Waals surface area contributed by atoms with Gasteiger partial charge in [0.25, 0.3) is 0 Å². The molecule has 6 nitrogen and oxygen atoms in total. The molecule has 2 aromatic rings. The monoisotopic (exact) mass is 318 g/mol. The minimum atomic E-state index is -0.450. The topological polar surface area (TPSA) is 82.8 Å². The number of fused-ring (bicyclic) bond motifs is 1. The zero-order chi connectivity index (χ0) is 17.0. The lowest BCUT2D eigenvalue weighted by Gasteiger charge is -2.08. The molecule has 1 aromatic carbocycles. The first kappa shape index (κ1) is 16.7. The van der Waals surface area contributed by atoms with Crippen molar-refractivity contribution in [1.82, 2.24) is 0 Å². The number of carbonyl (C=O) groups excluding carboxylic acids is 2. The summed E-state index contributed by atoms with van der Waals surface area (Å²) in [5.41, 5.74) is 0.597. The molecule has 23 heavy (non-hydrogen) atoms. The third-order valence-electron chi connectivity index (χ3n) is 3.31. The third-order valence-corrected chi connectivity index (χ3v) is 3.31. The molecule has 0 atom stereocenters. The number of hydrogen-bond donors (Lipinski definition) is 0. The zero-order valence-corrected chi connectivity index (χ0v) is 13.3. The highest BCUT2D eigenvalue weighted by Crippen LogP contribution is 2.22. The number of carbonyl (C=O) groups is 2. The van der Waals surface area contributed by atoms with Crippen LogP contribution in [0.25, 0.3) is 11.0 Å². The van der Waals surface area contributed by atoms with Crippen LogP contribution in [-0.4, -0.2) is 18.5 Å². The van der Waals surface area contributed by atoms with E-state index < -0.39 is 5.97 Å². The van der Waals surface area contributed by atoms with Gasteiger partial charge in [-0.1, -0.05) is 0 Å². The number of benzene rings is 1. The predicted molar refractivity (Wildman–Crippen MR) is 83.5 cm³/mol. The maximum absolute atomic E-state index is 12.5. The normalized spacial score (nSPS) is 10.6. The summed E-state index contributed by atoms with van der Waals surface area (Å²) in [6, 6.07) is 4.58. The second-order valence-corrected chi connectivity index (χ2v) is 5.02. The standard InChI is InChI=1S/C17H18O6/c1-4-21-16(19)8-7-13-10(2)22-15-9-12(23-11(3)18)5-6-14(15)17(13)20/h5-6,9H,4,7-8H2,1-3H3. The van der Waals surface area contributed by atoms with E-state index in [0.29, 0.717) is 34.6 Å². The molecule has 0 aliphatic rings. The second-order valence-electron chi connectivity index (χ2n) is 5.02. The molecular formula is C17H18O6. The van der Waals surface area contributed by atoms with E-state index in [1.54, 1.807) is 19.9 Å². The van der Waals surface area contributed by atoms with Crippen LogP contribution in [0, 0.1) is 6.92 Å². The summed E-state index contributed by atoms with van der Waals surface area (Å²) in [5, 5.41) is 0.380. The third kappa shape index (κ3) is 3.97. The van der Waals surface area contributed by atoms with E-state index in [4.69, 9.17) is 13.9 Å². The summed E-state index contributed by atoms with van der Waals surface area (Å²) in [6.45, 7) is 5.00. The van der Waals surface area contributed by atoms with E-state index in [9.17, 15) is 14.4 Å². The quantitative estimate of drug-likeness (QED) is 0.622. The predicted octanol–water partition coefficient (Wildman–Crippen LogP) is 2.52. The van der Waals surface area contributed by atoms with Crippen molar-refractivity contribution >= 4 is 22.9 Å². The van der Waals surface area contributed by atoms with Crippen LogP contribution in [0.1, 0.15) is 31.6 Å². The van der Waals surface area contributed by atoms with Crippen LogP contribution >= 0.6 is 0 Å². The van der Waals surface area contributed by atoms with Gasteiger partial charge in [-0.15, -0.1) is 0 Å². The largest absolute Gasteiger partial charge is 0.466 e. The maximum atomic E-state index is 12.5. The Morgan fingerprint density at radius 2 is 2.00 bits per heavy atom. The molecule has 0 saturated carbocycles. The van der Waals surface area contributed by atoms with Gasteiger partial charge in [0.1, 0.15) is 17.1 Å². The highest BCUT2D eigenvalue weighted by atomic mass is 16.5. The Morgan fingerprint density at radius 3 is 2.65 bits per heavy atom. The average Bonchev–Trinajstić information content (AvgIpc) is 2.46. The van der Waals surface area contributed by atoms with E-state index in [1.165, 1.54) is 19.1 Å². The first-order chi connectivity index (χ1) is 10.9.